The topological polar surface area (TPSA) is 73.7 Å². The largest absolute Gasteiger partial charge is 0.330 e. The molecule has 0 aliphatic carbocycles. The number of hydrogen-bond acceptors (Lipinski definition) is 7. The van der Waals surface area contributed by atoms with Gasteiger partial charge in [-0.25, -0.2) is 18.7 Å². The molecule has 3 rings (SSSR count). The van der Waals surface area contributed by atoms with Crippen LogP contribution in [0.25, 0.3) is 11.0 Å². The van der Waals surface area contributed by atoms with E-state index in [2.05, 4.69) is 49.3 Å². The van der Waals surface area contributed by atoms with Crippen LogP contribution in [-0.4, -0.2) is 88.0 Å². The molecule has 1 aromatic carbocycles. The first kappa shape index (κ1) is 25.9. The highest BCUT2D eigenvalue weighted by atomic mass is 32.2. The van der Waals surface area contributed by atoms with Gasteiger partial charge in [-0.3, -0.25) is 4.79 Å². The summed E-state index contributed by atoms with van der Waals surface area (Å²) in [6.07, 6.45) is 1.02. The van der Waals surface area contributed by atoms with Gasteiger partial charge in [0, 0.05) is 62.5 Å². The quantitative estimate of drug-likeness (QED) is 0.475. The van der Waals surface area contributed by atoms with Crippen LogP contribution in [-0.2, 0) is 5.41 Å². The Morgan fingerprint density at radius 3 is 2.39 bits per heavy atom. The zero-order valence-corrected chi connectivity index (χ0v) is 22.4. The van der Waals surface area contributed by atoms with Crippen molar-refractivity contribution >= 4 is 51.7 Å². The van der Waals surface area contributed by atoms with Crippen LogP contribution >= 0.6 is 23.7 Å². The predicted molar refractivity (Wildman–Crippen MR) is 140 cm³/mol. The minimum atomic E-state index is -0.317. The van der Waals surface area contributed by atoms with Crippen LogP contribution in [0.1, 0.15) is 39.9 Å². The third-order valence-electron chi connectivity index (χ3n) is 5.37. The monoisotopic (exact) mass is 492 g/mol. The summed E-state index contributed by atoms with van der Waals surface area (Å²) in [6.45, 7) is 11.9. The van der Waals surface area contributed by atoms with Gasteiger partial charge < -0.3 is 15.1 Å². The van der Waals surface area contributed by atoms with Crippen molar-refractivity contribution < 1.29 is 9.59 Å². The van der Waals surface area contributed by atoms with Gasteiger partial charge in [-0.1, -0.05) is 27.7 Å². The van der Waals surface area contributed by atoms with Gasteiger partial charge in [0.25, 0.3) is 5.24 Å². The Labute approximate surface area is 205 Å². The minimum Gasteiger partial charge on any atom is -0.330 e. The molecular weight excluding hydrogens is 456 g/mol. The Kier molecular flexibility index (Phi) is 8.36. The highest BCUT2D eigenvalue weighted by molar-refractivity contribution is 8.11. The fourth-order valence-electron chi connectivity index (χ4n) is 3.56. The fraction of sp³-hybridized carbons (Fsp3) is 0.609. The van der Waals surface area contributed by atoms with Crippen molar-refractivity contribution in [3.05, 3.63) is 18.0 Å². The van der Waals surface area contributed by atoms with E-state index in [0.717, 1.165) is 54.5 Å². The number of piperazine rings is 1. The Morgan fingerprint density at radius 1 is 1.15 bits per heavy atom. The number of imidazole rings is 1. The number of hydrogen-bond donors (Lipinski definition) is 1. The van der Waals surface area contributed by atoms with Crippen molar-refractivity contribution in [2.24, 2.45) is 0 Å². The third kappa shape index (κ3) is 6.23. The molecule has 0 spiro atoms. The standard InChI is InChI=1S/C23H36N6O2S2/c1-8-13-32-19-15-16-18(29(22(31)26(5)6)20(24-16)23(2,3)4)14-17(19)25-21(30)33-28-11-9-27(7)10-12-28/h14-15H,8-13H2,1-7H3,(H,25,30). The second-order valence-electron chi connectivity index (χ2n) is 9.62. The number of nitrogens with one attached hydrogen (secondary N) is 1. The predicted octanol–water partition coefficient (Wildman–Crippen LogP) is 4.79. The molecule has 1 aliphatic rings. The first-order valence-corrected chi connectivity index (χ1v) is 13.1. The molecule has 33 heavy (non-hydrogen) atoms. The number of anilines is 1. The molecule has 2 aromatic rings. The highest BCUT2D eigenvalue weighted by Gasteiger charge is 2.28. The van der Waals surface area contributed by atoms with Gasteiger partial charge in [0.05, 0.1) is 16.7 Å². The van der Waals surface area contributed by atoms with E-state index >= 15 is 0 Å². The molecule has 182 valence electrons. The normalized spacial score (nSPS) is 15.7. The van der Waals surface area contributed by atoms with Crippen molar-refractivity contribution in [1.29, 1.82) is 0 Å². The number of carbonyl (C=O) groups is 2. The van der Waals surface area contributed by atoms with E-state index in [4.69, 9.17) is 4.98 Å². The average molecular weight is 493 g/mol. The van der Waals surface area contributed by atoms with E-state index in [1.807, 2.05) is 12.1 Å². The van der Waals surface area contributed by atoms with Gasteiger partial charge in [0.15, 0.2) is 0 Å². The lowest BCUT2D eigenvalue weighted by molar-refractivity contribution is 0.218. The molecule has 2 amide bonds. The van der Waals surface area contributed by atoms with E-state index in [0.29, 0.717) is 11.3 Å². The molecule has 1 aromatic heterocycles. The Balaban J connectivity index is 2.00. The minimum absolute atomic E-state index is 0.113. The molecule has 8 nitrogen and oxygen atoms in total. The van der Waals surface area contributed by atoms with Gasteiger partial charge in [-0.2, -0.15) is 0 Å². The van der Waals surface area contributed by atoms with Gasteiger partial charge in [0.2, 0.25) is 0 Å². The van der Waals surface area contributed by atoms with Crippen LogP contribution in [0, 0.1) is 0 Å². The molecule has 0 atom stereocenters. The molecule has 0 saturated carbocycles. The molecule has 1 aliphatic heterocycles. The number of carbonyl (C=O) groups excluding carboxylic acids is 2. The van der Waals surface area contributed by atoms with Crippen LogP contribution in [0.5, 0.6) is 0 Å². The van der Waals surface area contributed by atoms with Gasteiger partial charge in [-0.05, 0) is 31.4 Å². The maximum absolute atomic E-state index is 13.1. The number of amides is 2. The summed E-state index contributed by atoms with van der Waals surface area (Å²) in [5.74, 6) is 1.64. The third-order valence-corrected chi connectivity index (χ3v) is 7.53. The zero-order chi connectivity index (χ0) is 24.3. The molecule has 1 fully saturated rings. The SMILES string of the molecule is CCCSc1cc2nc(C(C)(C)C)n(C(=O)N(C)C)c2cc1NC(=O)SN1CCN(C)CC1. The maximum atomic E-state index is 13.1. The highest BCUT2D eigenvalue weighted by Crippen LogP contribution is 2.35. The molecule has 0 radical (unpaired) electrons. The Hall–Kier alpha value is -1.75. The van der Waals surface area contributed by atoms with E-state index in [1.165, 1.54) is 11.9 Å². The summed E-state index contributed by atoms with van der Waals surface area (Å²) >= 11 is 2.93. The summed E-state index contributed by atoms with van der Waals surface area (Å²) in [5.41, 5.74) is 1.88. The van der Waals surface area contributed by atoms with Crippen LogP contribution in [0.15, 0.2) is 17.0 Å². The van der Waals surface area contributed by atoms with E-state index in [-0.39, 0.29) is 16.7 Å². The Morgan fingerprint density at radius 2 is 1.82 bits per heavy atom. The zero-order valence-electron chi connectivity index (χ0n) is 20.8. The summed E-state index contributed by atoms with van der Waals surface area (Å²) in [7, 11) is 5.57. The first-order valence-electron chi connectivity index (χ1n) is 11.3. The number of nitrogens with zero attached hydrogens (tertiary/aromatic N) is 5. The average Bonchev–Trinajstić information content (AvgIpc) is 3.11. The second kappa shape index (κ2) is 10.7. The molecule has 2 heterocycles. The smallest absolute Gasteiger partial charge is 0.329 e. The van der Waals surface area contributed by atoms with Crippen molar-refractivity contribution in [3.8, 4) is 0 Å². The van der Waals surface area contributed by atoms with Crippen molar-refractivity contribution in [2.45, 2.75) is 44.4 Å². The summed E-state index contributed by atoms with van der Waals surface area (Å²) in [6, 6.07) is 3.75. The lowest BCUT2D eigenvalue weighted by atomic mass is 9.96. The van der Waals surface area contributed by atoms with Gasteiger partial charge in [0.1, 0.15) is 5.82 Å². The van der Waals surface area contributed by atoms with Crippen LogP contribution < -0.4 is 5.32 Å². The van der Waals surface area contributed by atoms with E-state index in [9.17, 15) is 9.59 Å². The number of benzene rings is 1. The molecule has 0 unspecified atom stereocenters. The second-order valence-corrected chi connectivity index (χ2v) is 11.8. The lowest BCUT2D eigenvalue weighted by Crippen LogP contribution is -2.41. The molecule has 1 N–H and O–H groups in total. The summed E-state index contributed by atoms with van der Waals surface area (Å²) in [4.78, 5) is 35.6. The molecule has 0 bridgehead atoms. The van der Waals surface area contributed by atoms with Crippen molar-refractivity contribution in [3.63, 3.8) is 0 Å². The van der Waals surface area contributed by atoms with Gasteiger partial charge in [-0.15, -0.1) is 11.8 Å². The number of fused-ring (bicyclic) bond motifs is 1. The molecule has 1 saturated heterocycles. The Bertz CT molecular complexity index is 1010. The maximum Gasteiger partial charge on any atom is 0.329 e. The van der Waals surface area contributed by atoms with Crippen LogP contribution in [0.2, 0.25) is 0 Å². The summed E-state index contributed by atoms with van der Waals surface area (Å²) in [5, 5.41) is 2.98. The molecular formula is C23H36N6O2S2. The fourth-order valence-corrected chi connectivity index (χ4v) is 5.18. The lowest BCUT2D eigenvalue weighted by Gasteiger charge is -2.30. The number of aromatic nitrogens is 2. The van der Waals surface area contributed by atoms with E-state index < -0.39 is 0 Å². The summed E-state index contributed by atoms with van der Waals surface area (Å²) < 4.78 is 3.77. The molecule has 10 heteroatoms. The number of likely N-dealkylation sites (N-methyl/N-ethyl adjacent to an activating group) is 1. The van der Waals surface area contributed by atoms with E-state index in [1.54, 1.807) is 35.3 Å². The van der Waals surface area contributed by atoms with Crippen molar-refractivity contribution in [2.75, 3.05) is 58.4 Å². The number of thioether (sulfide) groups is 1. The number of rotatable bonds is 5. The van der Waals surface area contributed by atoms with Crippen molar-refractivity contribution in [1.82, 2.24) is 23.7 Å². The van der Waals surface area contributed by atoms with Crippen LogP contribution in [0.4, 0.5) is 15.3 Å². The van der Waals surface area contributed by atoms with Crippen LogP contribution in [0.3, 0.4) is 0 Å². The van der Waals surface area contributed by atoms with Gasteiger partial charge >= 0.3 is 6.03 Å². The first-order chi connectivity index (χ1) is 15.5.